The topological polar surface area (TPSA) is 67.4 Å². The van der Waals surface area contributed by atoms with Crippen molar-refractivity contribution in [2.45, 2.75) is 13.0 Å². The van der Waals surface area contributed by atoms with E-state index in [1.807, 2.05) is 49.4 Å². The highest BCUT2D eigenvalue weighted by molar-refractivity contribution is 6.07. The number of anilines is 1. The van der Waals surface area contributed by atoms with Crippen LogP contribution in [0.1, 0.15) is 28.9 Å². The van der Waals surface area contributed by atoms with Gasteiger partial charge in [0, 0.05) is 42.1 Å². The van der Waals surface area contributed by atoms with Crippen LogP contribution in [0.25, 0.3) is 22.2 Å². The van der Waals surface area contributed by atoms with E-state index in [-0.39, 0.29) is 11.9 Å². The number of amides is 1. The van der Waals surface area contributed by atoms with Crippen LogP contribution in [-0.4, -0.2) is 42.2 Å². The fraction of sp³-hybridized carbons (Fsp3) is 0.222. The molecule has 0 saturated carbocycles. The van der Waals surface area contributed by atoms with Gasteiger partial charge in [-0.25, -0.2) is 4.98 Å². The van der Waals surface area contributed by atoms with Gasteiger partial charge in [0.25, 0.3) is 5.91 Å². The lowest BCUT2D eigenvalue weighted by Gasteiger charge is -2.29. The number of pyridine rings is 2. The Kier molecular flexibility index (Phi) is 6.00. The largest absolute Gasteiger partial charge is 0.378 e. The first-order valence-corrected chi connectivity index (χ1v) is 11.2. The van der Waals surface area contributed by atoms with Gasteiger partial charge in [0.2, 0.25) is 0 Å². The first kappa shape index (κ1) is 21.1. The number of para-hydroxylation sites is 1. The first-order chi connectivity index (χ1) is 16.2. The number of morpholine rings is 1. The molecular formula is C27H26N4O2. The quantitative estimate of drug-likeness (QED) is 0.492. The lowest BCUT2D eigenvalue weighted by molar-refractivity contribution is 0.0941. The summed E-state index contributed by atoms with van der Waals surface area (Å²) in [6, 6.07) is 21.7. The number of nitrogens with one attached hydrogen (secondary N) is 1. The number of hydrogen-bond donors (Lipinski definition) is 1. The predicted molar refractivity (Wildman–Crippen MR) is 130 cm³/mol. The van der Waals surface area contributed by atoms with Crippen LogP contribution in [0.2, 0.25) is 0 Å². The van der Waals surface area contributed by atoms with Crippen molar-refractivity contribution in [2.24, 2.45) is 0 Å². The summed E-state index contributed by atoms with van der Waals surface area (Å²) in [6.07, 6.45) is 3.46. The average molecular weight is 439 g/mol. The Morgan fingerprint density at radius 3 is 2.48 bits per heavy atom. The van der Waals surface area contributed by atoms with Crippen molar-refractivity contribution < 1.29 is 9.53 Å². The van der Waals surface area contributed by atoms with Gasteiger partial charge in [-0.2, -0.15) is 0 Å². The van der Waals surface area contributed by atoms with E-state index < -0.39 is 0 Å². The third-order valence-corrected chi connectivity index (χ3v) is 6.05. The molecule has 1 saturated heterocycles. The van der Waals surface area contributed by atoms with Gasteiger partial charge < -0.3 is 15.0 Å². The number of aromatic nitrogens is 2. The number of ether oxygens (including phenoxy) is 1. The molecule has 6 heteroatoms. The zero-order chi connectivity index (χ0) is 22.6. The maximum absolute atomic E-state index is 13.4. The second kappa shape index (κ2) is 9.38. The van der Waals surface area contributed by atoms with Crippen LogP contribution in [0.4, 0.5) is 5.69 Å². The average Bonchev–Trinajstić information content (AvgIpc) is 2.89. The second-order valence-corrected chi connectivity index (χ2v) is 8.19. The summed E-state index contributed by atoms with van der Waals surface area (Å²) in [7, 11) is 0. The summed E-state index contributed by atoms with van der Waals surface area (Å²) in [5.74, 6) is -0.117. The summed E-state index contributed by atoms with van der Waals surface area (Å²) in [4.78, 5) is 24.5. The molecule has 2 aromatic carbocycles. The van der Waals surface area contributed by atoms with Crippen LogP contribution in [0.3, 0.4) is 0 Å². The fourth-order valence-corrected chi connectivity index (χ4v) is 4.19. The third kappa shape index (κ3) is 4.56. The third-order valence-electron chi connectivity index (χ3n) is 6.05. The minimum Gasteiger partial charge on any atom is -0.378 e. The number of fused-ring (bicyclic) bond motifs is 1. The molecule has 0 spiro atoms. The van der Waals surface area contributed by atoms with Gasteiger partial charge in [-0.15, -0.1) is 0 Å². The number of carbonyl (C=O) groups is 1. The van der Waals surface area contributed by atoms with Crippen molar-refractivity contribution >= 4 is 22.5 Å². The fourth-order valence-electron chi connectivity index (χ4n) is 4.19. The summed E-state index contributed by atoms with van der Waals surface area (Å²) >= 11 is 0. The number of hydrogen-bond acceptors (Lipinski definition) is 5. The van der Waals surface area contributed by atoms with Gasteiger partial charge in [0.05, 0.1) is 36.0 Å². The van der Waals surface area contributed by atoms with E-state index in [0.29, 0.717) is 5.56 Å². The van der Waals surface area contributed by atoms with Crippen molar-refractivity contribution in [2.75, 3.05) is 31.2 Å². The molecule has 0 bridgehead atoms. The van der Waals surface area contributed by atoms with Crippen molar-refractivity contribution in [1.29, 1.82) is 0 Å². The summed E-state index contributed by atoms with van der Waals surface area (Å²) in [5.41, 5.74) is 5.33. The molecule has 4 aromatic rings. The smallest absolute Gasteiger partial charge is 0.252 e. The van der Waals surface area contributed by atoms with Gasteiger partial charge >= 0.3 is 0 Å². The van der Waals surface area contributed by atoms with Gasteiger partial charge in [-0.05, 0) is 48.9 Å². The SMILES string of the molecule is CC(NC(=O)c1cc(-c2ccncc2)nc2ccccc12)c1ccc(N2CCOCC2)cc1. The van der Waals surface area contributed by atoms with Crippen LogP contribution in [0.15, 0.2) is 79.1 Å². The zero-order valence-corrected chi connectivity index (χ0v) is 18.6. The minimum atomic E-state index is -0.132. The van der Waals surface area contributed by atoms with Gasteiger partial charge in [-0.1, -0.05) is 30.3 Å². The lowest BCUT2D eigenvalue weighted by atomic mass is 10.0. The molecule has 1 atom stereocenters. The Hall–Kier alpha value is -3.77. The molecule has 1 unspecified atom stereocenters. The number of benzene rings is 2. The molecule has 1 amide bonds. The monoisotopic (exact) mass is 438 g/mol. The summed E-state index contributed by atoms with van der Waals surface area (Å²) < 4.78 is 5.44. The van der Waals surface area contributed by atoms with E-state index in [4.69, 9.17) is 9.72 Å². The van der Waals surface area contributed by atoms with Crippen molar-refractivity contribution in [1.82, 2.24) is 15.3 Å². The molecular weight excluding hydrogens is 412 g/mol. The molecule has 1 N–H and O–H groups in total. The Labute approximate surface area is 193 Å². The molecule has 0 radical (unpaired) electrons. The Morgan fingerprint density at radius 1 is 1.00 bits per heavy atom. The predicted octanol–water partition coefficient (Wildman–Crippen LogP) is 4.62. The van der Waals surface area contributed by atoms with Gasteiger partial charge in [-0.3, -0.25) is 9.78 Å². The van der Waals surface area contributed by atoms with Gasteiger partial charge in [0.1, 0.15) is 0 Å². The first-order valence-electron chi connectivity index (χ1n) is 11.2. The molecule has 1 aliphatic rings. The van der Waals surface area contributed by atoms with Gasteiger partial charge in [0.15, 0.2) is 0 Å². The zero-order valence-electron chi connectivity index (χ0n) is 18.6. The van der Waals surface area contributed by atoms with Crippen LogP contribution in [-0.2, 0) is 4.74 Å². The summed E-state index contributed by atoms with van der Waals surface area (Å²) in [6.45, 7) is 5.33. The van der Waals surface area contributed by atoms with E-state index in [9.17, 15) is 4.79 Å². The summed E-state index contributed by atoms with van der Waals surface area (Å²) in [5, 5.41) is 4.01. The lowest BCUT2D eigenvalue weighted by Crippen LogP contribution is -2.36. The molecule has 1 fully saturated rings. The molecule has 0 aliphatic carbocycles. The van der Waals surface area contributed by atoms with E-state index in [2.05, 4.69) is 39.5 Å². The number of rotatable bonds is 5. The molecule has 3 heterocycles. The maximum Gasteiger partial charge on any atom is 0.252 e. The Balaban J connectivity index is 1.39. The number of nitrogens with zero attached hydrogens (tertiary/aromatic N) is 3. The van der Waals surface area contributed by atoms with E-state index in [0.717, 1.165) is 54.0 Å². The highest BCUT2D eigenvalue weighted by Gasteiger charge is 2.17. The standard InChI is InChI=1S/C27H26N4O2/c1-19(20-6-8-22(9-7-20)31-14-16-33-17-15-31)29-27(32)24-18-26(21-10-12-28-13-11-21)30-25-5-3-2-4-23(24)25/h2-13,18-19H,14-17H2,1H3,(H,29,32). The molecule has 6 nitrogen and oxygen atoms in total. The van der Waals surface area contributed by atoms with E-state index >= 15 is 0 Å². The van der Waals surface area contributed by atoms with Crippen molar-refractivity contribution in [3.05, 3.63) is 90.3 Å². The molecule has 5 rings (SSSR count). The van der Waals surface area contributed by atoms with Crippen molar-refractivity contribution in [3.63, 3.8) is 0 Å². The minimum absolute atomic E-state index is 0.117. The molecule has 166 valence electrons. The molecule has 2 aromatic heterocycles. The van der Waals surface area contributed by atoms with Crippen LogP contribution in [0.5, 0.6) is 0 Å². The molecule has 33 heavy (non-hydrogen) atoms. The highest BCUT2D eigenvalue weighted by Crippen LogP contribution is 2.26. The van der Waals surface area contributed by atoms with E-state index in [1.54, 1.807) is 12.4 Å². The number of carbonyl (C=O) groups excluding carboxylic acids is 1. The van der Waals surface area contributed by atoms with Crippen LogP contribution >= 0.6 is 0 Å². The Morgan fingerprint density at radius 2 is 1.73 bits per heavy atom. The van der Waals surface area contributed by atoms with Crippen LogP contribution in [0, 0.1) is 0 Å². The van der Waals surface area contributed by atoms with Crippen LogP contribution < -0.4 is 10.2 Å². The molecule has 1 aliphatic heterocycles. The second-order valence-electron chi connectivity index (χ2n) is 8.19. The normalized spacial score (nSPS) is 14.8. The van der Waals surface area contributed by atoms with E-state index in [1.165, 1.54) is 5.69 Å². The van der Waals surface area contributed by atoms with Crippen molar-refractivity contribution in [3.8, 4) is 11.3 Å². The Bertz CT molecular complexity index is 1250. The highest BCUT2D eigenvalue weighted by atomic mass is 16.5. The maximum atomic E-state index is 13.4.